The largest absolute Gasteiger partial charge is 0.478 e. The van der Waals surface area contributed by atoms with Gasteiger partial charge in [0.05, 0.1) is 0 Å². The zero-order valence-electron chi connectivity index (χ0n) is 7.63. The number of carbonyl (C=O) groups is 1. The number of aryl methyl sites for hydroxylation is 1. The molecule has 82 valence electrons. The van der Waals surface area contributed by atoms with Gasteiger partial charge in [0.1, 0.15) is 5.56 Å². The monoisotopic (exact) mass is 220 g/mol. The zero-order chi connectivity index (χ0) is 11.6. The lowest BCUT2D eigenvalue weighted by molar-refractivity contribution is -0.0527. The van der Waals surface area contributed by atoms with Gasteiger partial charge in [-0.15, -0.1) is 0 Å². The number of carboxylic acid groups (broad SMARTS) is 1. The van der Waals surface area contributed by atoms with Crippen LogP contribution in [0.1, 0.15) is 15.9 Å². The maximum Gasteiger partial charge on any atom is 0.387 e. The fourth-order valence-corrected chi connectivity index (χ4v) is 1.10. The molecule has 6 heteroatoms. The summed E-state index contributed by atoms with van der Waals surface area (Å²) in [5.74, 6) is -3.58. The third kappa shape index (κ3) is 2.61. The van der Waals surface area contributed by atoms with Crippen molar-refractivity contribution in [3.8, 4) is 5.75 Å². The van der Waals surface area contributed by atoms with E-state index in [1.54, 1.807) is 0 Å². The van der Waals surface area contributed by atoms with E-state index in [-0.39, 0.29) is 0 Å². The molecule has 15 heavy (non-hydrogen) atoms. The molecule has 1 N–H and O–H groups in total. The van der Waals surface area contributed by atoms with Crippen LogP contribution in [0.5, 0.6) is 5.75 Å². The van der Waals surface area contributed by atoms with Crippen molar-refractivity contribution in [2.45, 2.75) is 13.5 Å². The second kappa shape index (κ2) is 4.20. The first-order valence-electron chi connectivity index (χ1n) is 3.90. The molecule has 3 nitrogen and oxygen atoms in total. The maximum absolute atomic E-state index is 13.1. The SMILES string of the molecule is Cc1cc(F)c(OC(F)F)c(C(=O)O)c1. The minimum atomic E-state index is -3.26. The van der Waals surface area contributed by atoms with Crippen LogP contribution >= 0.6 is 0 Å². The van der Waals surface area contributed by atoms with Crippen LogP contribution in [0.3, 0.4) is 0 Å². The molecule has 0 aliphatic carbocycles. The molecular weight excluding hydrogens is 213 g/mol. The molecule has 0 saturated carbocycles. The highest BCUT2D eigenvalue weighted by Crippen LogP contribution is 2.26. The van der Waals surface area contributed by atoms with Crippen molar-refractivity contribution in [3.05, 3.63) is 29.1 Å². The molecule has 0 aromatic heterocycles. The van der Waals surface area contributed by atoms with Gasteiger partial charge in [-0.25, -0.2) is 9.18 Å². The molecular formula is C9H7F3O3. The molecule has 0 heterocycles. The Kier molecular flexibility index (Phi) is 3.18. The average molecular weight is 220 g/mol. The molecule has 0 saturated heterocycles. The van der Waals surface area contributed by atoms with Crippen molar-refractivity contribution in [3.63, 3.8) is 0 Å². The molecule has 0 amide bonds. The topological polar surface area (TPSA) is 46.5 Å². The van der Waals surface area contributed by atoms with Crippen LogP contribution in [0.25, 0.3) is 0 Å². The molecule has 1 rings (SSSR count). The lowest BCUT2D eigenvalue weighted by Gasteiger charge is -2.09. The minimum absolute atomic E-state index is 0.312. The summed E-state index contributed by atoms with van der Waals surface area (Å²) in [6, 6.07) is 1.98. The van der Waals surface area contributed by atoms with Crippen molar-refractivity contribution in [2.24, 2.45) is 0 Å². The Bertz CT molecular complexity index is 390. The first kappa shape index (κ1) is 11.4. The van der Waals surface area contributed by atoms with E-state index >= 15 is 0 Å². The summed E-state index contributed by atoms with van der Waals surface area (Å²) in [5, 5.41) is 8.64. The van der Waals surface area contributed by atoms with E-state index in [4.69, 9.17) is 5.11 Å². The third-order valence-corrected chi connectivity index (χ3v) is 1.63. The lowest BCUT2D eigenvalue weighted by atomic mass is 10.1. The summed E-state index contributed by atoms with van der Waals surface area (Å²) in [4.78, 5) is 10.6. The Balaban J connectivity index is 3.27. The number of halogens is 3. The number of hydrogen-bond acceptors (Lipinski definition) is 2. The molecule has 0 bridgehead atoms. The van der Waals surface area contributed by atoms with Crippen molar-refractivity contribution < 1.29 is 27.8 Å². The molecule has 0 aliphatic heterocycles. The fraction of sp³-hybridized carbons (Fsp3) is 0.222. The van der Waals surface area contributed by atoms with Gasteiger partial charge >= 0.3 is 12.6 Å². The fourth-order valence-electron chi connectivity index (χ4n) is 1.10. The highest BCUT2D eigenvalue weighted by molar-refractivity contribution is 5.91. The van der Waals surface area contributed by atoms with Gasteiger partial charge in [-0.2, -0.15) is 8.78 Å². The van der Waals surface area contributed by atoms with E-state index < -0.39 is 29.7 Å². The second-order valence-electron chi connectivity index (χ2n) is 2.81. The number of benzene rings is 1. The molecule has 0 unspecified atom stereocenters. The van der Waals surface area contributed by atoms with Crippen LogP contribution in [0, 0.1) is 12.7 Å². The van der Waals surface area contributed by atoms with Crippen LogP contribution in [-0.2, 0) is 0 Å². The van der Waals surface area contributed by atoms with E-state index in [0.29, 0.717) is 5.56 Å². The van der Waals surface area contributed by atoms with E-state index in [2.05, 4.69) is 4.74 Å². The zero-order valence-corrected chi connectivity index (χ0v) is 7.63. The summed E-state index contributed by atoms with van der Waals surface area (Å²) in [5.41, 5.74) is -0.306. The van der Waals surface area contributed by atoms with Crippen molar-refractivity contribution >= 4 is 5.97 Å². The third-order valence-electron chi connectivity index (χ3n) is 1.63. The van der Waals surface area contributed by atoms with Crippen molar-refractivity contribution in [1.29, 1.82) is 0 Å². The van der Waals surface area contributed by atoms with Gasteiger partial charge in [-0.1, -0.05) is 0 Å². The summed E-state index contributed by atoms with van der Waals surface area (Å²) < 4.78 is 40.6. The highest BCUT2D eigenvalue weighted by Gasteiger charge is 2.20. The average Bonchev–Trinajstić information content (AvgIpc) is 2.08. The van der Waals surface area contributed by atoms with Crippen LogP contribution in [0.2, 0.25) is 0 Å². The van der Waals surface area contributed by atoms with Crippen LogP contribution < -0.4 is 4.74 Å². The van der Waals surface area contributed by atoms with Crippen LogP contribution in [0.4, 0.5) is 13.2 Å². The van der Waals surface area contributed by atoms with E-state index in [9.17, 15) is 18.0 Å². The minimum Gasteiger partial charge on any atom is -0.478 e. The number of rotatable bonds is 3. The van der Waals surface area contributed by atoms with Gasteiger partial charge in [0.15, 0.2) is 11.6 Å². The first-order chi connectivity index (χ1) is 6.91. The predicted octanol–water partition coefficient (Wildman–Crippen LogP) is 2.43. The normalized spacial score (nSPS) is 10.5. The second-order valence-corrected chi connectivity index (χ2v) is 2.81. The summed E-state index contributed by atoms with van der Waals surface area (Å²) in [6.07, 6.45) is 0. The number of hydrogen-bond donors (Lipinski definition) is 1. The van der Waals surface area contributed by atoms with E-state index in [1.165, 1.54) is 6.92 Å². The van der Waals surface area contributed by atoms with Gasteiger partial charge < -0.3 is 9.84 Å². The molecule has 0 spiro atoms. The van der Waals surface area contributed by atoms with Gasteiger partial charge in [0.25, 0.3) is 0 Å². The smallest absolute Gasteiger partial charge is 0.387 e. The molecule has 0 fully saturated rings. The van der Waals surface area contributed by atoms with Crippen molar-refractivity contribution in [1.82, 2.24) is 0 Å². The number of carboxylic acids is 1. The van der Waals surface area contributed by atoms with Gasteiger partial charge in [0, 0.05) is 0 Å². The van der Waals surface area contributed by atoms with Gasteiger partial charge in [-0.3, -0.25) is 0 Å². The quantitative estimate of drug-likeness (QED) is 0.850. The molecule has 0 atom stereocenters. The Morgan fingerprint density at radius 2 is 2.07 bits per heavy atom. The standard InChI is InChI=1S/C9H7F3O3/c1-4-2-5(8(13)14)7(6(10)3-4)15-9(11)12/h2-3,9H,1H3,(H,13,14). The lowest BCUT2D eigenvalue weighted by Crippen LogP contribution is -2.09. The van der Waals surface area contributed by atoms with Crippen LogP contribution in [-0.4, -0.2) is 17.7 Å². The predicted molar refractivity (Wildman–Crippen MR) is 44.7 cm³/mol. The Morgan fingerprint density at radius 1 is 1.47 bits per heavy atom. The summed E-state index contributed by atoms with van der Waals surface area (Å²) in [6.45, 7) is -1.82. The first-order valence-corrected chi connectivity index (χ1v) is 3.90. The van der Waals surface area contributed by atoms with E-state index in [0.717, 1.165) is 12.1 Å². The van der Waals surface area contributed by atoms with Gasteiger partial charge in [-0.05, 0) is 24.6 Å². The van der Waals surface area contributed by atoms with Crippen molar-refractivity contribution in [2.75, 3.05) is 0 Å². The summed E-state index contributed by atoms with van der Waals surface area (Å²) in [7, 11) is 0. The molecule has 0 radical (unpaired) electrons. The van der Waals surface area contributed by atoms with E-state index in [1.807, 2.05) is 0 Å². The number of alkyl halides is 2. The Morgan fingerprint density at radius 3 is 2.53 bits per heavy atom. The van der Waals surface area contributed by atoms with Gasteiger partial charge in [0.2, 0.25) is 0 Å². The number of aromatic carboxylic acids is 1. The molecule has 1 aromatic carbocycles. The Hall–Kier alpha value is -1.72. The number of ether oxygens (including phenoxy) is 1. The summed E-state index contributed by atoms with van der Waals surface area (Å²) >= 11 is 0. The van der Waals surface area contributed by atoms with Crippen LogP contribution in [0.15, 0.2) is 12.1 Å². The molecule has 0 aliphatic rings. The highest BCUT2D eigenvalue weighted by atomic mass is 19.3. The maximum atomic E-state index is 13.1. The molecule has 1 aromatic rings. The Labute approximate surface area is 83.1 Å².